The number of carbonyl (C=O) groups excluding carboxylic acids is 1. The molecule has 0 radical (unpaired) electrons. The molecule has 4 aromatic rings. The first-order chi connectivity index (χ1) is 16.7. The summed E-state index contributed by atoms with van der Waals surface area (Å²) in [5.74, 6) is 0.688. The standard InChI is InChI=1S/C25H25N7O2/c33-24(31-11-7-17-4-1-2-5-18(17)15-31)20-14-22(28-16-27-20)30-12-8-19(9-13-30)32-21-6-3-10-26-23(21)29-25(32)34/h1-6,10,14,16,19H,7-9,11-13,15H2,(H,26,29,34). The predicted molar refractivity (Wildman–Crippen MR) is 128 cm³/mol. The Labute approximate surface area is 196 Å². The van der Waals surface area contributed by atoms with Crippen LogP contribution in [0.15, 0.2) is 59.8 Å². The van der Waals surface area contributed by atoms with Crippen LogP contribution in [-0.2, 0) is 13.0 Å². The van der Waals surface area contributed by atoms with Crippen molar-refractivity contribution in [3.8, 4) is 0 Å². The molecule has 1 aromatic carbocycles. The number of pyridine rings is 1. The molecule has 2 aliphatic rings. The molecular weight excluding hydrogens is 430 g/mol. The maximum Gasteiger partial charge on any atom is 0.327 e. The highest BCUT2D eigenvalue weighted by Gasteiger charge is 2.26. The normalized spacial score (nSPS) is 16.6. The highest BCUT2D eigenvalue weighted by atomic mass is 16.2. The van der Waals surface area contributed by atoms with E-state index in [-0.39, 0.29) is 17.6 Å². The van der Waals surface area contributed by atoms with E-state index in [2.05, 4.69) is 37.0 Å². The van der Waals surface area contributed by atoms with Crippen LogP contribution in [0.1, 0.15) is 40.5 Å². The molecule has 1 fully saturated rings. The van der Waals surface area contributed by atoms with Crippen LogP contribution in [-0.4, -0.2) is 54.9 Å². The Hall–Kier alpha value is -4.01. The lowest BCUT2D eigenvalue weighted by Crippen LogP contribution is -2.38. The van der Waals surface area contributed by atoms with Crippen LogP contribution in [0.2, 0.25) is 0 Å². The van der Waals surface area contributed by atoms with Crippen LogP contribution in [0.5, 0.6) is 0 Å². The van der Waals surface area contributed by atoms with Crippen LogP contribution in [0, 0.1) is 0 Å². The first-order valence-electron chi connectivity index (χ1n) is 11.7. The monoisotopic (exact) mass is 455 g/mol. The summed E-state index contributed by atoms with van der Waals surface area (Å²) in [5.41, 5.74) is 4.26. The fourth-order valence-electron chi connectivity index (χ4n) is 5.14. The van der Waals surface area contributed by atoms with Crippen molar-refractivity contribution < 1.29 is 4.79 Å². The molecule has 172 valence electrons. The van der Waals surface area contributed by atoms with E-state index >= 15 is 0 Å². The minimum Gasteiger partial charge on any atom is -0.356 e. The van der Waals surface area contributed by atoms with Gasteiger partial charge in [-0.3, -0.25) is 14.3 Å². The Morgan fingerprint density at radius 2 is 1.79 bits per heavy atom. The van der Waals surface area contributed by atoms with Gasteiger partial charge in [-0.1, -0.05) is 24.3 Å². The summed E-state index contributed by atoms with van der Waals surface area (Å²) in [6, 6.07) is 13.9. The number of aromatic nitrogens is 5. The van der Waals surface area contributed by atoms with E-state index in [4.69, 9.17) is 0 Å². The smallest absolute Gasteiger partial charge is 0.327 e. The minimum atomic E-state index is -0.120. The summed E-state index contributed by atoms with van der Waals surface area (Å²) in [6.07, 6.45) is 5.62. The maximum atomic E-state index is 13.2. The minimum absolute atomic E-state index is 0.0640. The molecule has 1 amide bonds. The Bertz CT molecular complexity index is 1420. The third-order valence-electron chi connectivity index (χ3n) is 6.93. The van der Waals surface area contributed by atoms with Gasteiger partial charge in [0.05, 0.1) is 5.52 Å². The average Bonchev–Trinajstić information content (AvgIpc) is 3.23. The average molecular weight is 456 g/mol. The van der Waals surface area contributed by atoms with Gasteiger partial charge < -0.3 is 9.80 Å². The van der Waals surface area contributed by atoms with Gasteiger partial charge in [-0.05, 0) is 42.5 Å². The fraction of sp³-hybridized carbons (Fsp3) is 0.320. The Balaban J connectivity index is 1.16. The first-order valence-corrected chi connectivity index (χ1v) is 11.7. The number of nitrogens with one attached hydrogen (secondary N) is 1. The molecular formula is C25H25N7O2. The molecule has 9 nitrogen and oxygen atoms in total. The second-order valence-corrected chi connectivity index (χ2v) is 8.90. The molecule has 34 heavy (non-hydrogen) atoms. The van der Waals surface area contributed by atoms with Crippen LogP contribution in [0.4, 0.5) is 5.82 Å². The molecule has 2 aliphatic heterocycles. The van der Waals surface area contributed by atoms with E-state index in [9.17, 15) is 9.59 Å². The summed E-state index contributed by atoms with van der Waals surface area (Å²) in [5, 5.41) is 0. The molecule has 1 N–H and O–H groups in total. The first kappa shape index (κ1) is 20.6. The maximum absolute atomic E-state index is 13.2. The summed E-state index contributed by atoms with van der Waals surface area (Å²) >= 11 is 0. The summed E-state index contributed by atoms with van der Waals surface area (Å²) in [7, 11) is 0. The van der Waals surface area contributed by atoms with E-state index in [1.807, 2.05) is 33.7 Å². The molecule has 0 bridgehead atoms. The molecule has 0 atom stereocenters. The number of hydrogen-bond acceptors (Lipinski definition) is 6. The third-order valence-corrected chi connectivity index (χ3v) is 6.93. The fourth-order valence-corrected chi connectivity index (χ4v) is 5.14. The van der Waals surface area contributed by atoms with Gasteiger partial charge >= 0.3 is 5.69 Å². The van der Waals surface area contributed by atoms with Crippen LogP contribution in [0.3, 0.4) is 0 Å². The quantitative estimate of drug-likeness (QED) is 0.510. The van der Waals surface area contributed by atoms with E-state index < -0.39 is 0 Å². The zero-order valence-corrected chi connectivity index (χ0v) is 18.7. The van der Waals surface area contributed by atoms with E-state index in [0.29, 0.717) is 24.4 Å². The second-order valence-electron chi connectivity index (χ2n) is 8.90. The molecule has 0 saturated carbocycles. The number of anilines is 1. The van der Waals surface area contributed by atoms with Gasteiger partial charge in [0, 0.05) is 44.5 Å². The number of fused-ring (bicyclic) bond motifs is 2. The highest BCUT2D eigenvalue weighted by Crippen LogP contribution is 2.27. The number of piperidine rings is 1. The molecule has 1 saturated heterocycles. The summed E-state index contributed by atoms with van der Waals surface area (Å²) < 4.78 is 1.82. The third kappa shape index (κ3) is 3.63. The number of benzene rings is 1. The lowest BCUT2D eigenvalue weighted by molar-refractivity contribution is 0.0728. The van der Waals surface area contributed by atoms with Crippen LogP contribution in [0.25, 0.3) is 11.2 Å². The van der Waals surface area contributed by atoms with E-state index in [0.717, 1.165) is 43.7 Å². The van der Waals surface area contributed by atoms with Gasteiger partial charge in [-0.2, -0.15) is 0 Å². The van der Waals surface area contributed by atoms with Crippen LogP contribution >= 0.6 is 0 Å². The van der Waals surface area contributed by atoms with Crippen molar-refractivity contribution in [1.29, 1.82) is 0 Å². The number of hydrogen-bond donors (Lipinski definition) is 1. The molecule has 3 aromatic heterocycles. The Morgan fingerprint density at radius 3 is 2.65 bits per heavy atom. The zero-order valence-electron chi connectivity index (χ0n) is 18.7. The lowest BCUT2D eigenvalue weighted by atomic mass is 10.00. The topological polar surface area (TPSA) is 100 Å². The Morgan fingerprint density at radius 1 is 0.971 bits per heavy atom. The van der Waals surface area contributed by atoms with Crippen molar-refractivity contribution >= 4 is 22.9 Å². The van der Waals surface area contributed by atoms with Gasteiger partial charge in [0.2, 0.25) is 0 Å². The number of H-pyrrole nitrogens is 1. The van der Waals surface area contributed by atoms with Gasteiger partial charge in [0.15, 0.2) is 5.65 Å². The van der Waals surface area contributed by atoms with Gasteiger partial charge in [0.25, 0.3) is 5.91 Å². The molecule has 5 heterocycles. The molecule has 6 rings (SSSR count). The van der Waals surface area contributed by atoms with Crippen LogP contribution < -0.4 is 10.6 Å². The van der Waals surface area contributed by atoms with Gasteiger partial charge in [-0.25, -0.2) is 19.7 Å². The molecule has 0 aliphatic carbocycles. The van der Waals surface area contributed by atoms with Crippen molar-refractivity contribution in [3.05, 3.63) is 82.3 Å². The van der Waals surface area contributed by atoms with Gasteiger partial charge in [0.1, 0.15) is 17.8 Å². The molecule has 0 spiro atoms. The Kier molecular flexibility index (Phi) is 5.09. The van der Waals surface area contributed by atoms with E-state index in [1.165, 1.54) is 17.5 Å². The van der Waals surface area contributed by atoms with Crippen molar-refractivity contribution in [2.75, 3.05) is 24.5 Å². The summed E-state index contributed by atoms with van der Waals surface area (Å²) in [4.78, 5) is 45.6. The lowest BCUT2D eigenvalue weighted by Gasteiger charge is -2.33. The zero-order chi connectivity index (χ0) is 23.1. The van der Waals surface area contributed by atoms with E-state index in [1.54, 1.807) is 12.3 Å². The number of carbonyl (C=O) groups is 1. The summed E-state index contributed by atoms with van der Waals surface area (Å²) in [6.45, 7) is 2.78. The van der Waals surface area contributed by atoms with Crippen molar-refractivity contribution in [2.45, 2.75) is 31.8 Å². The number of imidazole rings is 1. The van der Waals surface area contributed by atoms with Crippen molar-refractivity contribution in [1.82, 2.24) is 29.4 Å². The number of aromatic amines is 1. The second kappa shape index (κ2) is 8.40. The molecule has 9 heteroatoms. The predicted octanol–water partition coefficient (Wildman–Crippen LogP) is 2.55. The number of amides is 1. The molecule has 0 unspecified atom stereocenters. The van der Waals surface area contributed by atoms with Crippen molar-refractivity contribution in [3.63, 3.8) is 0 Å². The number of rotatable bonds is 3. The SMILES string of the molecule is O=C(c1cc(N2CCC(n3c(=O)[nH]c4ncccc43)CC2)ncn1)N1CCc2ccccc2C1. The van der Waals surface area contributed by atoms with Crippen molar-refractivity contribution in [2.24, 2.45) is 0 Å². The van der Waals surface area contributed by atoms with Gasteiger partial charge in [-0.15, -0.1) is 0 Å². The highest BCUT2D eigenvalue weighted by molar-refractivity contribution is 5.93. The number of nitrogens with zero attached hydrogens (tertiary/aromatic N) is 6. The largest absolute Gasteiger partial charge is 0.356 e.